The van der Waals surface area contributed by atoms with Crippen molar-refractivity contribution in [1.29, 1.82) is 0 Å². The topological polar surface area (TPSA) is 18.5 Å². The molecule has 1 unspecified atom stereocenters. The number of hydrogen-bond donors (Lipinski definition) is 0. The monoisotopic (exact) mass is 191 g/mol. The molecular formula is C12H15O2. The van der Waals surface area contributed by atoms with Crippen LogP contribution in [0, 0.1) is 12.0 Å². The minimum absolute atomic E-state index is 0.0943. The van der Waals surface area contributed by atoms with Crippen LogP contribution in [0.1, 0.15) is 26.7 Å². The second-order valence-electron chi connectivity index (χ2n) is 4.01. The van der Waals surface area contributed by atoms with Gasteiger partial charge in [0.15, 0.2) is 11.5 Å². The third-order valence-corrected chi connectivity index (χ3v) is 2.28. The summed E-state index contributed by atoms with van der Waals surface area (Å²) in [6.45, 7) is 4.41. The minimum Gasteiger partial charge on any atom is -0.451 e. The van der Waals surface area contributed by atoms with Crippen LogP contribution in [0.15, 0.2) is 18.2 Å². The number of benzene rings is 1. The lowest BCUT2D eigenvalue weighted by molar-refractivity contribution is 0.0372. The molecule has 0 saturated heterocycles. The molecular weight excluding hydrogens is 176 g/mol. The molecule has 1 radical (unpaired) electrons. The summed E-state index contributed by atoms with van der Waals surface area (Å²) in [6.07, 6.45) is 1.98. The molecule has 2 heteroatoms. The summed E-state index contributed by atoms with van der Waals surface area (Å²) >= 11 is 0. The molecule has 1 atom stereocenters. The van der Waals surface area contributed by atoms with Gasteiger partial charge in [0, 0.05) is 6.42 Å². The molecule has 0 aromatic heterocycles. The van der Waals surface area contributed by atoms with Crippen molar-refractivity contribution in [2.45, 2.75) is 33.0 Å². The Hall–Kier alpha value is -1.18. The summed E-state index contributed by atoms with van der Waals surface area (Å²) in [5, 5.41) is 0. The van der Waals surface area contributed by atoms with Gasteiger partial charge in [-0.1, -0.05) is 19.9 Å². The lowest BCUT2D eigenvalue weighted by Crippen LogP contribution is -2.18. The van der Waals surface area contributed by atoms with Crippen LogP contribution >= 0.6 is 0 Å². The first-order chi connectivity index (χ1) is 6.75. The second-order valence-corrected chi connectivity index (χ2v) is 4.01. The maximum atomic E-state index is 5.62. The van der Waals surface area contributed by atoms with Gasteiger partial charge in [0.2, 0.25) is 6.29 Å². The van der Waals surface area contributed by atoms with Crippen LogP contribution in [0.2, 0.25) is 0 Å². The zero-order valence-corrected chi connectivity index (χ0v) is 8.62. The zero-order valence-electron chi connectivity index (χ0n) is 8.62. The normalized spacial score (nSPS) is 15.1. The van der Waals surface area contributed by atoms with Crippen molar-refractivity contribution in [1.82, 2.24) is 0 Å². The van der Waals surface area contributed by atoms with E-state index in [-0.39, 0.29) is 6.29 Å². The van der Waals surface area contributed by atoms with Crippen LogP contribution < -0.4 is 9.47 Å². The Balaban J connectivity index is 1.92. The van der Waals surface area contributed by atoms with E-state index in [1.54, 1.807) is 0 Å². The third-order valence-electron chi connectivity index (χ3n) is 2.28. The molecule has 1 aliphatic heterocycles. The maximum Gasteiger partial charge on any atom is 0.241 e. The summed E-state index contributed by atoms with van der Waals surface area (Å²) in [5.41, 5.74) is 0. The fourth-order valence-corrected chi connectivity index (χ4v) is 1.48. The summed E-state index contributed by atoms with van der Waals surface area (Å²) in [6, 6.07) is 8.53. The molecule has 0 aliphatic carbocycles. The van der Waals surface area contributed by atoms with Gasteiger partial charge in [-0.25, -0.2) is 0 Å². The van der Waals surface area contributed by atoms with E-state index in [1.807, 2.05) is 18.2 Å². The predicted molar refractivity (Wildman–Crippen MR) is 54.4 cm³/mol. The van der Waals surface area contributed by atoms with Gasteiger partial charge in [0.25, 0.3) is 0 Å². The van der Waals surface area contributed by atoms with Gasteiger partial charge in [0.05, 0.1) is 0 Å². The van der Waals surface area contributed by atoms with Crippen molar-refractivity contribution in [3.05, 3.63) is 24.3 Å². The number of fused-ring (bicyclic) bond motifs is 1. The first kappa shape index (κ1) is 9.38. The molecule has 1 heterocycles. The van der Waals surface area contributed by atoms with Crippen molar-refractivity contribution in [2.24, 2.45) is 5.92 Å². The smallest absolute Gasteiger partial charge is 0.241 e. The van der Waals surface area contributed by atoms with E-state index in [0.717, 1.165) is 24.3 Å². The van der Waals surface area contributed by atoms with E-state index in [9.17, 15) is 0 Å². The first-order valence-electron chi connectivity index (χ1n) is 5.09. The standard InChI is InChI=1S/C12H15O2/c1-9(2)7-8-12-13-10-5-3-4-6-11(10)14-12/h3,5-6,9,12H,7-8H2,1-2H3. The van der Waals surface area contributed by atoms with Gasteiger partial charge >= 0.3 is 0 Å². The minimum atomic E-state index is -0.0943. The summed E-state index contributed by atoms with van der Waals surface area (Å²) in [7, 11) is 0. The maximum absolute atomic E-state index is 5.62. The van der Waals surface area contributed by atoms with Crippen LogP contribution in [0.3, 0.4) is 0 Å². The highest BCUT2D eigenvalue weighted by Crippen LogP contribution is 2.35. The van der Waals surface area contributed by atoms with Gasteiger partial charge < -0.3 is 9.47 Å². The highest BCUT2D eigenvalue weighted by molar-refractivity contribution is 5.41. The van der Waals surface area contributed by atoms with Crippen molar-refractivity contribution in [2.75, 3.05) is 0 Å². The van der Waals surface area contributed by atoms with E-state index in [2.05, 4.69) is 19.9 Å². The number of ether oxygens (including phenoxy) is 2. The average molecular weight is 191 g/mol. The van der Waals surface area contributed by atoms with Crippen LogP contribution in [-0.4, -0.2) is 6.29 Å². The molecule has 1 aromatic carbocycles. The van der Waals surface area contributed by atoms with Gasteiger partial charge in [-0.15, -0.1) is 0 Å². The molecule has 1 aliphatic rings. The van der Waals surface area contributed by atoms with Crippen LogP contribution in [0.25, 0.3) is 0 Å². The lowest BCUT2D eigenvalue weighted by Gasteiger charge is -2.11. The molecule has 2 nitrogen and oxygen atoms in total. The third kappa shape index (κ3) is 2.00. The molecule has 1 aromatic rings. The molecule has 0 bridgehead atoms. The largest absolute Gasteiger partial charge is 0.451 e. The number of hydrogen-bond acceptors (Lipinski definition) is 2. The van der Waals surface area contributed by atoms with Crippen molar-refractivity contribution >= 4 is 0 Å². The van der Waals surface area contributed by atoms with E-state index < -0.39 is 0 Å². The Bertz CT molecular complexity index is 282. The van der Waals surface area contributed by atoms with Crippen LogP contribution in [-0.2, 0) is 0 Å². The highest BCUT2D eigenvalue weighted by Gasteiger charge is 2.23. The average Bonchev–Trinajstić information content (AvgIpc) is 2.57. The summed E-state index contributed by atoms with van der Waals surface area (Å²) < 4.78 is 11.2. The van der Waals surface area contributed by atoms with Gasteiger partial charge in [-0.3, -0.25) is 0 Å². The molecule has 75 valence electrons. The molecule has 0 spiro atoms. The molecule has 0 N–H and O–H groups in total. The van der Waals surface area contributed by atoms with Gasteiger partial charge in [0.1, 0.15) is 0 Å². The Morgan fingerprint density at radius 3 is 2.86 bits per heavy atom. The fourth-order valence-electron chi connectivity index (χ4n) is 1.48. The first-order valence-corrected chi connectivity index (χ1v) is 5.09. The van der Waals surface area contributed by atoms with Crippen LogP contribution in [0.4, 0.5) is 0 Å². The van der Waals surface area contributed by atoms with E-state index >= 15 is 0 Å². The van der Waals surface area contributed by atoms with Crippen molar-refractivity contribution < 1.29 is 9.47 Å². The highest BCUT2D eigenvalue weighted by atomic mass is 16.7. The quantitative estimate of drug-likeness (QED) is 0.731. The summed E-state index contributed by atoms with van der Waals surface area (Å²) in [5.74, 6) is 2.36. The van der Waals surface area contributed by atoms with E-state index in [4.69, 9.17) is 9.47 Å². The molecule has 14 heavy (non-hydrogen) atoms. The lowest BCUT2D eigenvalue weighted by atomic mass is 10.1. The SMILES string of the molecule is CC(C)CCC1Oc2c[c]ccc2O1. The van der Waals surface area contributed by atoms with E-state index in [1.165, 1.54) is 0 Å². The molecule has 0 fully saturated rings. The fraction of sp³-hybridized carbons (Fsp3) is 0.500. The predicted octanol–water partition coefficient (Wildman–Crippen LogP) is 3.02. The zero-order chi connectivity index (χ0) is 9.97. The van der Waals surface area contributed by atoms with Crippen molar-refractivity contribution in [3.8, 4) is 11.5 Å². The molecule has 2 rings (SSSR count). The molecule has 0 amide bonds. The number of rotatable bonds is 3. The Labute approximate surface area is 84.8 Å². The Morgan fingerprint density at radius 2 is 2.14 bits per heavy atom. The Kier molecular flexibility index (Phi) is 2.62. The van der Waals surface area contributed by atoms with Gasteiger partial charge in [-0.2, -0.15) is 0 Å². The van der Waals surface area contributed by atoms with E-state index in [0.29, 0.717) is 5.92 Å². The second kappa shape index (κ2) is 3.91. The van der Waals surface area contributed by atoms with Crippen molar-refractivity contribution in [3.63, 3.8) is 0 Å². The summed E-state index contributed by atoms with van der Waals surface area (Å²) in [4.78, 5) is 0. The Morgan fingerprint density at radius 1 is 1.36 bits per heavy atom. The van der Waals surface area contributed by atoms with Crippen LogP contribution in [0.5, 0.6) is 11.5 Å². The molecule has 0 saturated carbocycles. The van der Waals surface area contributed by atoms with Gasteiger partial charge in [-0.05, 0) is 30.5 Å².